The van der Waals surface area contributed by atoms with Gasteiger partial charge in [0.1, 0.15) is 0 Å². The van der Waals surface area contributed by atoms with Crippen molar-refractivity contribution in [2.45, 2.75) is 101 Å². The molecule has 2 nitrogen and oxygen atoms in total. The van der Waals surface area contributed by atoms with E-state index in [4.69, 9.17) is 0 Å². The van der Waals surface area contributed by atoms with Crippen LogP contribution in [-0.2, 0) is 0 Å². The molecule has 0 atom stereocenters. The Bertz CT molecular complexity index is 189. The van der Waals surface area contributed by atoms with Crippen molar-refractivity contribution in [3.63, 3.8) is 0 Å². The largest absolute Gasteiger partial charge is 0.358 e. The lowest BCUT2D eigenvalue weighted by atomic mass is 10.1. The Kier molecular flexibility index (Phi) is 29.0. The number of piperidine rings is 1. The van der Waals surface area contributed by atoms with Crippen LogP contribution >= 0.6 is 0 Å². The fourth-order valence-electron chi connectivity index (χ4n) is 1.83. The summed E-state index contributed by atoms with van der Waals surface area (Å²) >= 11 is 0. The van der Waals surface area contributed by atoms with Gasteiger partial charge in [-0.25, -0.2) is 0 Å². The van der Waals surface area contributed by atoms with Gasteiger partial charge in [-0.1, -0.05) is 41.5 Å². The Balaban J connectivity index is -0.000000162. The van der Waals surface area contributed by atoms with E-state index >= 15 is 0 Å². The molecule has 20 heavy (non-hydrogen) atoms. The van der Waals surface area contributed by atoms with E-state index in [9.17, 15) is 0 Å². The molecule has 0 N–H and O–H groups in total. The molecule has 0 bridgehead atoms. The molecule has 1 aliphatic heterocycles. The minimum Gasteiger partial charge on any atom is -0.358 e. The zero-order valence-electron chi connectivity index (χ0n) is 16.0. The van der Waals surface area contributed by atoms with Gasteiger partial charge in [-0.3, -0.25) is 4.99 Å². The van der Waals surface area contributed by atoms with Crippen molar-refractivity contribution in [3.05, 3.63) is 0 Å². The predicted octanol–water partition coefficient (Wildman–Crippen LogP) is 5.39. The van der Waals surface area contributed by atoms with Crippen molar-refractivity contribution < 1.29 is 0 Å². The standard InChI is InChI=1S/C11H22N2.3C2H6.B/c1-9(2)12-11-7-5-6-8-13(11)10(3)4;3*1-2;/h9-10H,5-8H2,1-4H3;3*1-2H3;. The van der Waals surface area contributed by atoms with Gasteiger partial charge in [0.15, 0.2) is 0 Å². The van der Waals surface area contributed by atoms with Crippen LogP contribution in [0.1, 0.15) is 88.5 Å². The Morgan fingerprint density at radius 1 is 0.850 bits per heavy atom. The first-order chi connectivity index (χ1) is 9.11. The smallest absolute Gasteiger partial charge is 0.0994 e. The molecule has 1 heterocycles. The normalized spacial score (nSPS) is 15.2. The van der Waals surface area contributed by atoms with Gasteiger partial charge in [-0.2, -0.15) is 0 Å². The molecule has 3 radical (unpaired) electrons. The molecule has 0 amide bonds. The van der Waals surface area contributed by atoms with Crippen LogP contribution in [-0.4, -0.2) is 37.8 Å². The van der Waals surface area contributed by atoms with Gasteiger partial charge in [0, 0.05) is 33.5 Å². The molecule has 1 rings (SSSR count). The monoisotopic (exact) mass is 283 g/mol. The van der Waals surface area contributed by atoms with Crippen molar-refractivity contribution in [2.24, 2.45) is 4.99 Å². The quantitative estimate of drug-likeness (QED) is 0.621. The molecule has 3 heteroatoms. The van der Waals surface area contributed by atoms with Crippen LogP contribution in [0.5, 0.6) is 0 Å². The number of nitrogens with zero attached hydrogens (tertiary/aromatic N) is 2. The summed E-state index contributed by atoms with van der Waals surface area (Å²) in [5, 5.41) is 0. The fraction of sp³-hybridized carbons (Fsp3) is 0.941. The van der Waals surface area contributed by atoms with Crippen LogP contribution in [0, 0.1) is 0 Å². The Morgan fingerprint density at radius 2 is 1.30 bits per heavy atom. The first-order valence-corrected chi connectivity index (χ1v) is 8.44. The number of aliphatic imine (C=N–C) groups is 1. The molecule has 0 aromatic heterocycles. The highest BCUT2D eigenvalue weighted by Crippen LogP contribution is 2.15. The van der Waals surface area contributed by atoms with Crippen LogP contribution < -0.4 is 0 Å². The van der Waals surface area contributed by atoms with E-state index in [1.54, 1.807) is 0 Å². The highest BCUT2D eigenvalue weighted by molar-refractivity contribution is 5.83. The van der Waals surface area contributed by atoms with Crippen LogP contribution in [0.4, 0.5) is 0 Å². The second kappa shape index (κ2) is 20.8. The van der Waals surface area contributed by atoms with Gasteiger partial charge in [0.25, 0.3) is 0 Å². The maximum Gasteiger partial charge on any atom is 0.0994 e. The van der Waals surface area contributed by atoms with Crippen LogP contribution in [0.3, 0.4) is 0 Å². The molecule has 0 spiro atoms. The highest BCUT2D eigenvalue weighted by atomic mass is 15.2. The van der Waals surface area contributed by atoms with Crippen molar-refractivity contribution in [2.75, 3.05) is 6.54 Å². The summed E-state index contributed by atoms with van der Waals surface area (Å²) in [6.07, 6.45) is 3.82. The van der Waals surface area contributed by atoms with Gasteiger partial charge < -0.3 is 4.90 Å². The molecule has 0 unspecified atom stereocenters. The first-order valence-electron chi connectivity index (χ1n) is 8.44. The highest BCUT2D eigenvalue weighted by Gasteiger charge is 2.18. The second-order valence-corrected chi connectivity index (χ2v) is 4.38. The minimum absolute atomic E-state index is 0. The Hall–Kier alpha value is -0.465. The number of hydrogen-bond acceptors (Lipinski definition) is 1. The zero-order chi connectivity index (χ0) is 15.8. The third-order valence-electron chi connectivity index (χ3n) is 2.41. The topological polar surface area (TPSA) is 15.6 Å². The van der Waals surface area contributed by atoms with Crippen molar-refractivity contribution in [1.82, 2.24) is 4.90 Å². The van der Waals surface area contributed by atoms with Gasteiger partial charge in [0.05, 0.1) is 5.84 Å². The SMILES string of the molecule is CC.CC.CC.CC(C)N=C1CCCCN1C(C)C.[B]. The molecular formula is C17H40BN2. The lowest BCUT2D eigenvalue weighted by molar-refractivity contribution is 0.311. The molecule has 121 valence electrons. The van der Waals surface area contributed by atoms with Crippen molar-refractivity contribution in [3.8, 4) is 0 Å². The maximum atomic E-state index is 4.68. The Morgan fingerprint density at radius 3 is 1.65 bits per heavy atom. The van der Waals surface area contributed by atoms with Crippen molar-refractivity contribution in [1.29, 1.82) is 0 Å². The fourth-order valence-corrected chi connectivity index (χ4v) is 1.83. The summed E-state index contributed by atoms with van der Waals surface area (Å²) in [5.74, 6) is 1.33. The second-order valence-electron chi connectivity index (χ2n) is 4.38. The number of rotatable bonds is 2. The zero-order valence-corrected chi connectivity index (χ0v) is 16.0. The molecule has 0 aromatic rings. The van der Waals surface area contributed by atoms with E-state index in [-0.39, 0.29) is 8.41 Å². The average Bonchev–Trinajstić information content (AvgIpc) is 2.45. The van der Waals surface area contributed by atoms with E-state index in [1.165, 1.54) is 31.6 Å². The van der Waals surface area contributed by atoms with Gasteiger partial charge >= 0.3 is 0 Å². The van der Waals surface area contributed by atoms with Crippen molar-refractivity contribution >= 4 is 14.2 Å². The third kappa shape index (κ3) is 14.0. The number of hydrogen-bond donors (Lipinski definition) is 0. The molecule has 1 fully saturated rings. The van der Waals surface area contributed by atoms with Gasteiger partial charge in [-0.15, -0.1) is 0 Å². The lowest BCUT2D eigenvalue weighted by Gasteiger charge is -2.34. The summed E-state index contributed by atoms with van der Waals surface area (Å²) in [6.45, 7) is 22.0. The molecule has 0 saturated carbocycles. The van der Waals surface area contributed by atoms with Crippen LogP contribution in [0.15, 0.2) is 4.99 Å². The van der Waals surface area contributed by atoms with Gasteiger partial charge in [0.2, 0.25) is 0 Å². The summed E-state index contributed by atoms with van der Waals surface area (Å²) in [5.41, 5.74) is 0. The van der Waals surface area contributed by atoms with Crippen LogP contribution in [0.25, 0.3) is 0 Å². The van der Waals surface area contributed by atoms with Crippen LogP contribution in [0.2, 0.25) is 0 Å². The predicted molar refractivity (Wildman–Crippen MR) is 98.1 cm³/mol. The summed E-state index contributed by atoms with van der Waals surface area (Å²) in [6, 6.07) is 1.05. The van der Waals surface area contributed by atoms with Gasteiger partial charge in [-0.05, 0) is 40.5 Å². The summed E-state index contributed by atoms with van der Waals surface area (Å²) < 4.78 is 0. The number of likely N-dealkylation sites (tertiary alicyclic amines) is 1. The molecule has 0 aromatic carbocycles. The first kappa shape index (κ1) is 27.8. The molecule has 1 aliphatic rings. The lowest BCUT2D eigenvalue weighted by Crippen LogP contribution is -2.40. The third-order valence-corrected chi connectivity index (χ3v) is 2.41. The maximum absolute atomic E-state index is 4.68. The number of amidine groups is 1. The van der Waals surface area contributed by atoms with E-state index in [2.05, 4.69) is 37.6 Å². The molecular weight excluding hydrogens is 243 g/mol. The Labute approximate surface area is 132 Å². The van der Waals surface area contributed by atoms with E-state index < -0.39 is 0 Å². The average molecular weight is 283 g/mol. The minimum atomic E-state index is 0. The molecule has 1 saturated heterocycles. The van der Waals surface area contributed by atoms with E-state index in [0.29, 0.717) is 12.1 Å². The summed E-state index contributed by atoms with van der Waals surface area (Å²) in [4.78, 5) is 7.13. The summed E-state index contributed by atoms with van der Waals surface area (Å²) in [7, 11) is 0. The molecule has 0 aliphatic carbocycles. The van der Waals surface area contributed by atoms with E-state index in [0.717, 1.165) is 0 Å². The van der Waals surface area contributed by atoms with E-state index in [1.807, 2.05) is 41.5 Å².